The van der Waals surface area contributed by atoms with Gasteiger partial charge in [0.25, 0.3) is 0 Å². The van der Waals surface area contributed by atoms with E-state index in [4.69, 9.17) is 9.47 Å². The number of nitrogens with zero attached hydrogens (tertiary/aromatic N) is 3. The molecule has 3 rings (SSSR count). The number of methoxy groups -OCH3 is 1. The topological polar surface area (TPSA) is 77.5 Å². The van der Waals surface area contributed by atoms with Crippen LogP contribution in [0.2, 0.25) is 0 Å². The maximum absolute atomic E-state index is 11.7. The Hall–Kier alpha value is -1.87. The van der Waals surface area contributed by atoms with Crippen molar-refractivity contribution >= 4 is 5.91 Å². The number of nitrogens with one attached hydrogen (secondary N) is 1. The van der Waals surface area contributed by atoms with Crippen LogP contribution in [0.4, 0.5) is 0 Å². The summed E-state index contributed by atoms with van der Waals surface area (Å²) in [6, 6.07) is 5.86. The van der Waals surface area contributed by atoms with Gasteiger partial charge < -0.3 is 29.7 Å². The fourth-order valence-corrected chi connectivity index (χ4v) is 4.15. The molecule has 1 aromatic carbocycles. The fourth-order valence-electron chi connectivity index (χ4n) is 4.15. The third kappa shape index (κ3) is 7.35. The Kier molecular flexibility index (Phi) is 9.39. The Bertz CT molecular complexity index is 694. The van der Waals surface area contributed by atoms with Crippen LogP contribution >= 0.6 is 0 Å². The van der Waals surface area contributed by atoms with Gasteiger partial charge in [-0.15, -0.1) is 0 Å². The summed E-state index contributed by atoms with van der Waals surface area (Å²) >= 11 is 0. The van der Waals surface area contributed by atoms with E-state index >= 15 is 0 Å². The highest BCUT2D eigenvalue weighted by Gasteiger charge is 2.20. The number of likely N-dealkylation sites (N-methyl/N-ethyl adjacent to an activating group) is 1. The number of hydrogen-bond acceptors (Lipinski definition) is 7. The van der Waals surface area contributed by atoms with E-state index in [1.807, 2.05) is 23.1 Å². The summed E-state index contributed by atoms with van der Waals surface area (Å²) in [7, 11) is 1.63. The van der Waals surface area contributed by atoms with Gasteiger partial charge >= 0.3 is 0 Å². The molecule has 1 aromatic rings. The lowest BCUT2D eigenvalue weighted by molar-refractivity contribution is -0.127. The van der Waals surface area contributed by atoms with Crippen LogP contribution in [0.15, 0.2) is 18.2 Å². The molecule has 2 heterocycles. The van der Waals surface area contributed by atoms with Crippen molar-refractivity contribution in [1.82, 2.24) is 20.0 Å². The second-order valence-electron chi connectivity index (χ2n) is 8.35. The number of hydrogen-bond donors (Lipinski definition) is 2. The normalized spacial score (nSPS) is 19.1. The molecule has 2 aliphatic heterocycles. The molecule has 2 fully saturated rings. The van der Waals surface area contributed by atoms with Gasteiger partial charge in [-0.25, -0.2) is 0 Å². The minimum absolute atomic E-state index is 0.242. The maximum Gasteiger partial charge on any atom is 0.222 e. The van der Waals surface area contributed by atoms with Crippen molar-refractivity contribution in [3.05, 3.63) is 23.8 Å². The summed E-state index contributed by atoms with van der Waals surface area (Å²) in [5, 5.41) is 13.8. The smallest absolute Gasteiger partial charge is 0.222 e. The molecule has 2 N–H and O–H groups in total. The molecule has 0 bridgehead atoms. The van der Waals surface area contributed by atoms with Crippen molar-refractivity contribution in [3.63, 3.8) is 0 Å². The molecule has 0 unspecified atom stereocenters. The first kappa shape index (κ1) is 23.8. The summed E-state index contributed by atoms with van der Waals surface area (Å²) in [4.78, 5) is 18.3. The lowest BCUT2D eigenvalue weighted by Crippen LogP contribution is -2.49. The predicted octanol–water partition coefficient (Wildman–Crippen LogP) is 0.784. The van der Waals surface area contributed by atoms with Gasteiger partial charge in [0.15, 0.2) is 11.5 Å². The molecule has 0 spiro atoms. The Balaban J connectivity index is 1.39. The predicted molar refractivity (Wildman–Crippen MR) is 121 cm³/mol. The molecule has 1 amide bonds. The molecule has 1 atom stereocenters. The van der Waals surface area contributed by atoms with E-state index in [-0.39, 0.29) is 12.5 Å². The third-order valence-corrected chi connectivity index (χ3v) is 6.10. The summed E-state index contributed by atoms with van der Waals surface area (Å²) in [6.45, 7) is 11.3. The second-order valence-corrected chi connectivity index (χ2v) is 8.35. The quantitative estimate of drug-likeness (QED) is 0.471. The Labute approximate surface area is 186 Å². The van der Waals surface area contributed by atoms with Crippen molar-refractivity contribution in [3.8, 4) is 11.5 Å². The van der Waals surface area contributed by atoms with E-state index in [2.05, 4.69) is 22.0 Å². The number of ether oxygens (including phenoxy) is 2. The highest BCUT2D eigenvalue weighted by Crippen LogP contribution is 2.28. The number of benzene rings is 1. The molecule has 31 heavy (non-hydrogen) atoms. The molecule has 174 valence electrons. The number of rotatable bonds is 12. The highest BCUT2D eigenvalue weighted by molar-refractivity contribution is 5.78. The van der Waals surface area contributed by atoms with Gasteiger partial charge in [0.1, 0.15) is 12.7 Å². The van der Waals surface area contributed by atoms with Gasteiger partial charge in [-0.05, 0) is 30.7 Å². The molecule has 0 aromatic heterocycles. The van der Waals surface area contributed by atoms with Gasteiger partial charge in [-0.2, -0.15) is 0 Å². The molecular formula is C23H38N4O4. The van der Waals surface area contributed by atoms with Gasteiger partial charge in [0, 0.05) is 65.3 Å². The number of aliphatic hydroxyl groups is 1. The van der Waals surface area contributed by atoms with Crippen LogP contribution in [0.5, 0.6) is 11.5 Å². The average Bonchev–Trinajstić information content (AvgIpc) is 3.20. The van der Waals surface area contributed by atoms with Crippen LogP contribution in [0, 0.1) is 0 Å². The van der Waals surface area contributed by atoms with Crippen LogP contribution < -0.4 is 14.8 Å². The fraction of sp³-hybridized carbons (Fsp3) is 0.696. The van der Waals surface area contributed by atoms with E-state index in [1.165, 1.54) is 0 Å². The minimum Gasteiger partial charge on any atom is -0.493 e. The lowest BCUT2D eigenvalue weighted by atomic mass is 10.2. The van der Waals surface area contributed by atoms with Crippen molar-refractivity contribution in [2.24, 2.45) is 0 Å². The maximum atomic E-state index is 11.7. The largest absolute Gasteiger partial charge is 0.493 e. The number of carbonyl (C=O) groups is 1. The molecule has 2 aliphatic rings. The first-order valence-corrected chi connectivity index (χ1v) is 11.5. The summed E-state index contributed by atoms with van der Waals surface area (Å²) in [5.41, 5.74) is 1.09. The monoisotopic (exact) mass is 434 g/mol. The Morgan fingerprint density at radius 1 is 1.13 bits per heavy atom. The molecule has 0 saturated carbocycles. The van der Waals surface area contributed by atoms with Crippen molar-refractivity contribution < 1.29 is 19.4 Å². The lowest BCUT2D eigenvalue weighted by Gasteiger charge is -2.34. The van der Waals surface area contributed by atoms with Crippen molar-refractivity contribution in [2.75, 3.05) is 72.6 Å². The van der Waals surface area contributed by atoms with E-state index in [9.17, 15) is 9.90 Å². The zero-order valence-electron chi connectivity index (χ0n) is 19.0. The minimum atomic E-state index is -0.535. The van der Waals surface area contributed by atoms with E-state index in [0.29, 0.717) is 31.0 Å². The Morgan fingerprint density at radius 2 is 1.90 bits per heavy atom. The van der Waals surface area contributed by atoms with Crippen LogP contribution in [-0.2, 0) is 11.3 Å². The number of likely N-dealkylation sites (tertiary alicyclic amines) is 1. The third-order valence-electron chi connectivity index (χ3n) is 6.10. The number of amides is 1. The number of piperazine rings is 1. The summed E-state index contributed by atoms with van der Waals surface area (Å²) < 4.78 is 11.3. The number of β-amino-alcohol motifs (C(OH)–C–C–N with tert-alkyl or cyclic N) is 1. The van der Waals surface area contributed by atoms with Gasteiger partial charge in [0.2, 0.25) is 5.91 Å². The number of carbonyl (C=O) groups excluding carboxylic acids is 1. The first-order valence-electron chi connectivity index (χ1n) is 11.5. The first-order chi connectivity index (χ1) is 15.1. The molecule has 2 saturated heterocycles. The molecular weight excluding hydrogens is 396 g/mol. The van der Waals surface area contributed by atoms with Gasteiger partial charge in [0.05, 0.1) is 7.11 Å². The van der Waals surface area contributed by atoms with Crippen molar-refractivity contribution in [1.29, 1.82) is 0 Å². The standard InChI is InChI=1S/C23H38N4O4/c1-3-25-11-13-26(14-12-25)17-20(28)18-31-21-7-6-19(15-22(21)30-2)16-24-8-10-27-9-4-5-23(27)29/h6-7,15,20,24,28H,3-5,8-14,16-18H2,1-2H3/t20-/m0/s1. The average molecular weight is 435 g/mol. The van der Waals surface area contributed by atoms with Gasteiger partial charge in [-0.1, -0.05) is 13.0 Å². The molecule has 8 nitrogen and oxygen atoms in total. The van der Waals surface area contributed by atoms with Crippen LogP contribution in [0.1, 0.15) is 25.3 Å². The van der Waals surface area contributed by atoms with E-state index < -0.39 is 6.10 Å². The molecule has 0 aliphatic carbocycles. The van der Waals surface area contributed by atoms with E-state index in [0.717, 1.165) is 64.3 Å². The molecule has 0 radical (unpaired) electrons. The van der Waals surface area contributed by atoms with Crippen LogP contribution in [0.25, 0.3) is 0 Å². The zero-order chi connectivity index (χ0) is 22.1. The second kappa shape index (κ2) is 12.2. The van der Waals surface area contributed by atoms with Gasteiger partial charge in [-0.3, -0.25) is 9.69 Å². The number of aliphatic hydroxyl groups excluding tert-OH is 1. The summed E-state index contributed by atoms with van der Waals surface area (Å²) in [6.07, 6.45) is 1.12. The molecule has 8 heteroatoms. The van der Waals surface area contributed by atoms with Crippen LogP contribution in [-0.4, -0.2) is 104 Å². The summed E-state index contributed by atoms with van der Waals surface area (Å²) in [5.74, 6) is 1.57. The zero-order valence-corrected chi connectivity index (χ0v) is 19.0. The highest BCUT2D eigenvalue weighted by atomic mass is 16.5. The van der Waals surface area contributed by atoms with Crippen LogP contribution in [0.3, 0.4) is 0 Å². The van der Waals surface area contributed by atoms with Crippen molar-refractivity contribution in [2.45, 2.75) is 32.4 Å². The Morgan fingerprint density at radius 3 is 2.58 bits per heavy atom. The SMILES string of the molecule is CCN1CCN(C[C@H](O)COc2ccc(CNCCN3CCCC3=O)cc2OC)CC1. The van der Waals surface area contributed by atoms with E-state index in [1.54, 1.807) is 7.11 Å².